The number of hydrogen-bond donors (Lipinski definition) is 0. The van der Waals surface area contributed by atoms with Crippen LogP contribution in [-0.2, 0) is 0 Å². The molecular weight excluding hydrogens is 313 g/mol. The van der Waals surface area contributed by atoms with E-state index in [2.05, 4.69) is 23.6 Å². The standard InChI is InChI=1S/C13H16INO/c1-11-5-4-9-15(10-8-11)12-6-2-3-7-13(12)16-14/h2-3,6-7H,1,4-5,8-10H2. The maximum absolute atomic E-state index is 5.37. The Labute approximate surface area is 111 Å². The Morgan fingerprint density at radius 2 is 2.00 bits per heavy atom. The molecule has 1 aliphatic rings. The quantitative estimate of drug-likeness (QED) is 0.601. The van der Waals surface area contributed by atoms with E-state index in [4.69, 9.17) is 3.07 Å². The molecule has 2 rings (SSSR count). The van der Waals surface area contributed by atoms with Crippen LogP contribution in [0.25, 0.3) is 0 Å². The SMILES string of the molecule is C=C1CCCN(c2ccccc2OI)CC1. The average Bonchev–Trinajstić information content (AvgIpc) is 2.54. The van der Waals surface area contributed by atoms with Gasteiger partial charge in [0.05, 0.1) is 5.69 Å². The van der Waals surface area contributed by atoms with E-state index < -0.39 is 0 Å². The van der Waals surface area contributed by atoms with Crippen LogP contribution in [0.4, 0.5) is 5.69 Å². The summed E-state index contributed by atoms with van der Waals surface area (Å²) in [6.07, 6.45) is 3.44. The Hall–Kier alpha value is -0.710. The van der Waals surface area contributed by atoms with Crippen molar-refractivity contribution in [3.8, 4) is 5.75 Å². The third-order valence-electron chi connectivity index (χ3n) is 2.98. The minimum atomic E-state index is 0.954. The normalized spacial score (nSPS) is 17.1. The third kappa shape index (κ3) is 2.70. The van der Waals surface area contributed by atoms with E-state index in [9.17, 15) is 0 Å². The smallest absolute Gasteiger partial charge is 0.192 e. The maximum Gasteiger partial charge on any atom is 0.192 e. The zero-order valence-electron chi connectivity index (χ0n) is 9.29. The van der Waals surface area contributed by atoms with Gasteiger partial charge in [0.15, 0.2) is 28.8 Å². The highest BCUT2D eigenvalue weighted by atomic mass is 127. The van der Waals surface area contributed by atoms with Gasteiger partial charge in [-0.1, -0.05) is 24.3 Å². The van der Waals surface area contributed by atoms with Crippen LogP contribution >= 0.6 is 23.0 Å². The summed E-state index contributed by atoms with van der Waals surface area (Å²) in [6.45, 7) is 6.23. The Balaban J connectivity index is 2.19. The lowest BCUT2D eigenvalue weighted by Gasteiger charge is -2.23. The number of rotatable bonds is 2. The van der Waals surface area contributed by atoms with Crippen molar-refractivity contribution in [2.24, 2.45) is 0 Å². The van der Waals surface area contributed by atoms with Gasteiger partial charge in [0, 0.05) is 13.1 Å². The van der Waals surface area contributed by atoms with E-state index >= 15 is 0 Å². The Bertz CT molecular complexity index is 378. The fourth-order valence-corrected chi connectivity index (χ4v) is 2.45. The molecule has 1 aliphatic heterocycles. The first-order chi connectivity index (χ1) is 7.81. The van der Waals surface area contributed by atoms with Crippen molar-refractivity contribution in [1.82, 2.24) is 0 Å². The van der Waals surface area contributed by atoms with Gasteiger partial charge in [-0.15, -0.1) is 0 Å². The maximum atomic E-state index is 5.37. The van der Waals surface area contributed by atoms with Gasteiger partial charge in [0.1, 0.15) is 0 Å². The van der Waals surface area contributed by atoms with Crippen LogP contribution < -0.4 is 7.97 Å². The number of benzene rings is 1. The van der Waals surface area contributed by atoms with Gasteiger partial charge in [0.2, 0.25) is 0 Å². The van der Waals surface area contributed by atoms with E-state index in [1.165, 1.54) is 17.7 Å². The summed E-state index contributed by atoms with van der Waals surface area (Å²) in [5.41, 5.74) is 2.57. The van der Waals surface area contributed by atoms with Crippen LogP contribution in [0.5, 0.6) is 5.75 Å². The number of halogens is 1. The van der Waals surface area contributed by atoms with Crippen LogP contribution in [0.3, 0.4) is 0 Å². The second-order valence-electron chi connectivity index (χ2n) is 4.14. The molecule has 0 spiro atoms. The molecule has 0 N–H and O–H groups in total. The topological polar surface area (TPSA) is 12.5 Å². The molecule has 0 radical (unpaired) electrons. The van der Waals surface area contributed by atoms with Gasteiger partial charge in [-0.05, 0) is 31.4 Å². The van der Waals surface area contributed by atoms with Crippen molar-refractivity contribution in [2.45, 2.75) is 19.3 Å². The summed E-state index contributed by atoms with van der Waals surface area (Å²) in [6, 6.07) is 8.21. The fraction of sp³-hybridized carbons (Fsp3) is 0.385. The molecule has 0 atom stereocenters. The van der Waals surface area contributed by atoms with Gasteiger partial charge < -0.3 is 7.97 Å². The van der Waals surface area contributed by atoms with Gasteiger partial charge >= 0.3 is 0 Å². The number of para-hydroxylation sites is 2. The molecular formula is C13H16INO. The van der Waals surface area contributed by atoms with E-state index in [0.29, 0.717) is 0 Å². The van der Waals surface area contributed by atoms with Crippen molar-refractivity contribution in [1.29, 1.82) is 0 Å². The largest absolute Gasteiger partial charge is 0.425 e. The van der Waals surface area contributed by atoms with Crippen LogP contribution in [0.2, 0.25) is 0 Å². The van der Waals surface area contributed by atoms with Crippen molar-refractivity contribution in [2.75, 3.05) is 18.0 Å². The molecule has 0 amide bonds. The number of anilines is 1. The molecule has 1 heterocycles. The minimum Gasteiger partial charge on any atom is -0.425 e. The molecule has 16 heavy (non-hydrogen) atoms. The molecule has 0 unspecified atom stereocenters. The van der Waals surface area contributed by atoms with E-state index in [1.54, 1.807) is 0 Å². The van der Waals surface area contributed by atoms with Gasteiger partial charge in [-0.25, -0.2) is 0 Å². The minimum absolute atomic E-state index is 0.954. The number of nitrogens with zero attached hydrogens (tertiary/aromatic N) is 1. The van der Waals surface area contributed by atoms with Crippen molar-refractivity contribution >= 4 is 28.7 Å². The summed E-state index contributed by atoms with van der Waals surface area (Å²) in [5.74, 6) is 0.954. The van der Waals surface area contributed by atoms with E-state index in [0.717, 1.165) is 31.7 Å². The Kier molecular flexibility index (Phi) is 4.09. The molecule has 2 nitrogen and oxygen atoms in total. The Morgan fingerprint density at radius 1 is 1.19 bits per heavy atom. The van der Waals surface area contributed by atoms with E-state index in [1.807, 2.05) is 35.1 Å². The zero-order valence-corrected chi connectivity index (χ0v) is 11.4. The first-order valence-corrected chi connectivity index (χ1v) is 6.48. The summed E-state index contributed by atoms with van der Waals surface area (Å²) in [4.78, 5) is 2.40. The van der Waals surface area contributed by atoms with E-state index in [-0.39, 0.29) is 0 Å². The van der Waals surface area contributed by atoms with Crippen LogP contribution in [0.1, 0.15) is 19.3 Å². The van der Waals surface area contributed by atoms with Crippen LogP contribution in [-0.4, -0.2) is 13.1 Å². The molecule has 1 fully saturated rings. The lowest BCUT2D eigenvalue weighted by atomic mass is 10.1. The first kappa shape index (κ1) is 11.8. The fourth-order valence-electron chi connectivity index (χ4n) is 2.07. The van der Waals surface area contributed by atoms with Crippen molar-refractivity contribution in [3.63, 3.8) is 0 Å². The highest BCUT2D eigenvalue weighted by Gasteiger charge is 2.14. The highest BCUT2D eigenvalue weighted by Crippen LogP contribution is 2.31. The summed E-state index contributed by atoms with van der Waals surface area (Å²) in [5, 5.41) is 0. The first-order valence-electron chi connectivity index (χ1n) is 5.60. The van der Waals surface area contributed by atoms with Crippen molar-refractivity contribution in [3.05, 3.63) is 36.4 Å². The van der Waals surface area contributed by atoms with Crippen molar-refractivity contribution < 1.29 is 3.07 Å². The predicted octanol–water partition coefficient (Wildman–Crippen LogP) is 3.96. The molecule has 1 aromatic carbocycles. The molecule has 1 saturated heterocycles. The second-order valence-corrected chi connectivity index (χ2v) is 4.58. The lowest BCUT2D eigenvalue weighted by molar-refractivity contribution is 0.698. The average molecular weight is 329 g/mol. The molecule has 0 aliphatic carbocycles. The third-order valence-corrected chi connectivity index (χ3v) is 3.46. The van der Waals surface area contributed by atoms with Crippen LogP contribution in [0, 0.1) is 0 Å². The molecule has 0 saturated carbocycles. The zero-order chi connectivity index (χ0) is 11.4. The van der Waals surface area contributed by atoms with Gasteiger partial charge in [-0.3, -0.25) is 0 Å². The molecule has 3 heteroatoms. The predicted molar refractivity (Wildman–Crippen MR) is 76.3 cm³/mol. The monoisotopic (exact) mass is 329 g/mol. The molecule has 0 aromatic heterocycles. The van der Waals surface area contributed by atoms with Gasteiger partial charge in [-0.2, -0.15) is 0 Å². The Morgan fingerprint density at radius 3 is 2.81 bits per heavy atom. The molecule has 86 valence electrons. The molecule has 1 aromatic rings. The van der Waals surface area contributed by atoms with Gasteiger partial charge in [0.25, 0.3) is 0 Å². The summed E-state index contributed by atoms with van der Waals surface area (Å²) in [7, 11) is 0. The lowest BCUT2D eigenvalue weighted by Crippen LogP contribution is -2.24. The summed E-state index contributed by atoms with van der Waals surface area (Å²) >= 11 is 1.94. The molecule has 0 bridgehead atoms. The highest BCUT2D eigenvalue weighted by molar-refractivity contribution is 14.1. The summed E-state index contributed by atoms with van der Waals surface area (Å²) < 4.78 is 5.37. The van der Waals surface area contributed by atoms with Crippen LogP contribution in [0.15, 0.2) is 36.4 Å². The number of hydrogen-bond acceptors (Lipinski definition) is 2. The second kappa shape index (κ2) is 5.57.